The Labute approximate surface area is 143 Å². The summed E-state index contributed by atoms with van der Waals surface area (Å²) in [7, 11) is 2.00. The lowest BCUT2D eigenvalue weighted by Crippen LogP contribution is -2.14. The molecule has 0 aliphatic heterocycles. The Morgan fingerprint density at radius 2 is 2.08 bits per heavy atom. The Balaban J connectivity index is 1.56. The third-order valence-corrected chi connectivity index (χ3v) is 5.04. The number of hydrogen-bond acceptors (Lipinski definition) is 3. The average Bonchev–Trinajstić information content (AvgIpc) is 3.07. The van der Waals surface area contributed by atoms with Crippen LogP contribution in [0.25, 0.3) is 21.1 Å². The fourth-order valence-electron chi connectivity index (χ4n) is 3.06. The Morgan fingerprint density at radius 3 is 2.96 bits per heavy atom. The van der Waals surface area contributed by atoms with Gasteiger partial charge in [0.1, 0.15) is 0 Å². The lowest BCUT2D eigenvalue weighted by Gasteiger charge is -2.04. The van der Waals surface area contributed by atoms with E-state index < -0.39 is 0 Å². The van der Waals surface area contributed by atoms with E-state index in [9.17, 15) is 4.79 Å². The van der Waals surface area contributed by atoms with Crippen LogP contribution in [0.15, 0.2) is 48.7 Å². The van der Waals surface area contributed by atoms with Gasteiger partial charge < -0.3 is 9.88 Å². The Hall–Kier alpha value is -2.66. The number of aryl methyl sites for hydroxylation is 2. The predicted octanol–water partition coefficient (Wildman–Crippen LogP) is 4.28. The van der Waals surface area contributed by atoms with Crippen LogP contribution >= 0.6 is 11.3 Å². The van der Waals surface area contributed by atoms with Gasteiger partial charge in [0, 0.05) is 29.8 Å². The number of thiazole rings is 1. The number of nitrogens with one attached hydrogen (secondary N) is 1. The highest BCUT2D eigenvalue weighted by atomic mass is 32.1. The standard InChI is InChI=1S/C19H17N3OS/c1-12-20-16-8-7-14(10-18(16)24-12)21-19(23)9-13-11-22(2)17-6-4-3-5-15(13)17/h3-8,10-11H,9H2,1-2H3,(H,21,23). The van der Waals surface area contributed by atoms with Crippen LogP contribution in [-0.4, -0.2) is 15.5 Å². The molecule has 2 aromatic carbocycles. The van der Waals surface area contributed by atoms with Crippen LogP contribution in [0, 0.1) is 6.92 Å². The highest BCUT2D eigenvalue weighted by Gasteiger charge is 2.11. The molecule has 2 aromatic heterocycles. The van der Waals surface area contributed by atoms with Gasteiger partial charge in [-0.3, -0.25) is 4.79 Å². The maximum absolute atomic E-state index is 12.4. The molecule has 0 unspecified atom stereocenters. The van der Waals surface area contributed by atoms with E-state index in [2.05, 4.69) is 27.0 Å². The Bertz CT molecular complexity index is 1060. The molecule has 1 N–H and O–H groups in total. The van der Waals surface area contributed by atoms with Gasteiger partial charge in [-0.05, 0) is 36.8 Å². The van der Waals surface area contributed by atoms with Gasteiger partial charge in [0.25, 0.3) is 0 Å². The number of rotatable bonds is 3. The normalized spacial score (nSPS) is 11.2. The average molecular weight is 335 g/mol. The molecule has 0 fully saturated rings. The van der Waals surface area contributed by atoms with Crippen molar-refractivity contribution in [1.29, 1.82) is 0 Å². The summed E-state index contributed by atoms with van der Waals surface area (Å²) in [5.74, 6) is -0.00746. The van der Waals surface area contributed by atoms with Crippen LogP contribution in [0.5, 0.6) is 0 Å². The molecule has 0 radical (unpaired) electrons. The predicted molar refractivity (Wildman–Crippen MR) is 99.6 cm³/mol. The summed E-state index contributed by atoms with van der Waals surface area (Å²) in [5, 5.41) is 5.16. The Morgan fingerprint density at radius 1 is 1.25 bits per heavy atom. The fraction of sp³-hybridized carbons (Fsp3) is 0.158. The van der Waals surface area contributed by atoms with Gasteiger partial charge >= 0.3 is 0 Å². The molecule has 5 heteroatoms. The molecule has 0 aliphatic rings. The first-order valence-electron chi connectivity index (χ1n) is 7.80. The molecule has 1 amide bonds. The minimum atomic E-state index is -0.00746. The summed E-state index contributed by atoms with van der Waals surface area (Å²) >= 11 is 1.64. The van der Waals surface area contributed by atoms with Crippen LogP contribution < -0.4 is 5.32 Å². The first kappa shape index (κ1) is 14.9. The van der Waals surface area contributed by atoms with E-state index in [1.165, 1.54) is 0 Å². The highest BCUT2D eigenvalue weighted by Crippen LogP contribution is 2.25. The van der Waals surface area contributed by atoms with E-state index in [1.807, 2.05) is 50.5 Å². The summed E-state index contributed by atoms with van der Waals surface area (Å²) in [6.45, 7) is 1.99. The van der Waals surface area contributed by atoms with Crippen molar-refractivity contribution >= 4 is 44.1 Å². The second-order valence-corrected chi connectivity index (χ2v) is 7.16. The van der Waals surface area contributed by atoms with Crippen LogP contribution in [0.4, 0.5) is 5.69 Å². The monoisotopic (exact) mass is 335 g/mol. The molecular formula is C19H17N3OS. The van der Waals surface area contributed by atoms with Crippen molar-refractivity contribution in [3.63, 3.8) is 0 Å². The van der Waals surface area contributed by atoms with Crippen LogP contribution in [0.3, 0.4) is 0 Å². The first-order valence-corrected chi connectivity index (χ1v) is 8.62. The molecular weight excluding hydrogens is 318 g/mol. The molecule has 0 saturated heterocycles. The Kier molecular flexibility index (Phi) is 3.58. The number of anilines is 1. The molecule has 0 saturated carbocycles. The molecule has 24 heavy (non-hydrogen) atoms. The third-order valence-electron chi connectivity index (χ3n) is 4.11. The molecule has 2 heterocycles. The van der Waals surface area contributed by atoms with Crippen molar-refractivity contribution in [2.75, 3.05) is 5.32 Å². The number of fused-ring (bicyclic) bond motifs is 2. The fourth-order valence-corrected chi connectivity index (χ4v) is 3.93. The second-order valence-electron chi connectivity index (χ2n) is 5.92. The number of hydrogen-bond donors (Lipinski definition) is 1. The number of aromatic nitrogens is 2. The van der Waals surface area contributed by atoms with E-state index in [0.29, 0.717) is 6.42 Å². The molecule has 120 valence electrons. The maximum atomic E-state index is 12.4. The summed E-state index contributed by atoms with van der Waals surface area (Å²) in [4.78, 5) is 16.9. The molecule has 0 aliphatic carbocycles. The second kappa shape index (κ2) is 5.76. The third kappa shape index (κ3) is 2.67. The lowest BCUT2D eigenvalue weighted by molar-refractivity contribution is -0.115. The topological polar surface area (TPSA) is 46.9 Å². The first-order chi connectivity index (χ1) is 11.6. The van der Waals surface area contributed by atoms with Gasteiger partial charge in [-0.15, -0.1) is 11.3 Å². The zero-order chi connectivity index (χ0) is 16.7. The molecule has 0 bridgehead atoms. The van der Waals surface area contributed by atoms with Crippen molar-refractivity contribution in [3.05, 3.63) is 59.2 Å². The van der Waals surface area contributed by atoms with E-state index in [4.69, 9.17) is 0 Å². The zero-order valence-electron chi connectivity index (χ0n) is 13.5. The van der Waals surface area contributed by atoms with E-state index in [-0.39, 0.29) is 5.91 Å². The van der Waals surface area contributed by atoms with Gasteiger partial charge in [0.15, 0.2) is 0 Å². The summed E-state index contributed by atoms with van der Waals surface area (Å²) in [5.41, 5.74) is 3.98. The lowest BCUT2D eigenvalue weighted by atomic mass is 10.1. The van der Waals surface area contributed by atoms with Gasteiger partial charge in [-0.1, -0.05) is 18.2 Å². The quantitative estimate of drug-likeness (QED) is 0.607. The molecule has 4 rings (SSSR count). The van der Waals surface area contributed by atoms with E-state index in [1.54, 1.807) is 11.3 Å². The highest BCUT2D eigenvalue weighted by molar-refractivity contribution is 7.18. The number of carbonyl (C=O) groups excluding carboxylic acids is 1. The van der Waals surface area contributed by atoms with Crippen LogP contribution in [0.2, 0.25) is 0 Å². The van der Waals surface area contributed by atoms with Gasteiger partial charge in [0.2, 0.25) is 5.91 Å². The number of para-hydroxylation sites is 1. The van der Waals surface area contributed by atoms with Crippen molar-refractivity contribution in [2.45, 2.75) is 13.3 Å². The minimum Gasteiger partial charge on any atom is -0.350 e. The number of amides is 1. The number of carbonyl (C=O) groups is 1. The summed E-state index contributed by atoms with van der Waals surface area (Å²) in [6.07, 6.45) is 2.39. The molecule has 4 aromatic rings. The van der Waals surface area contributed by atoms with Crippen molar-refractivity contribution in [3.8, 4) is 0 Å². The molecule has 4 nitrogen and oxygen atoms in total. The molecule has 0 atom stereocenters. The molecule has 0 spiro atoms. The maximum Gasteiger partial charge on any atom is 0.228 e. The minimum absolute atomic E-state index is 0.00746. The van der Waals surface area contributed by atoms with Crippen molar-refractivity contribution in [2.24, 2.45) is 7.05 Å². The van der Waals surface area contributed by atoms with Gasteiger partial charge in [0.05, 0.1) is 21.6 Å². The van der Waals surface area contributed by atoms with Gasteiger partial charge in [-0.25, -0.2) is 4.98 Å². The van der Waals surface area contributed by atoms with Crippen molar-refractivity contribution in [1.82, 2.24) is 9.55 Å². The largest absolute Gasteiger partial charge is 0.350 e. The number of benzene rings is 2. The van der Waals surface area contributed by atoms with E-state index in [0.717, 1.165) is 37.4 Å². The zero-order valence-corrected chi connectivity index (χ0v) is 14.4. The van der Waals surface area contributed by atoms with Crippen LogP contribution in [-0.2, 0) is 18.3 Å². The summed E-state index contributed by atoms with van der Waals surface area (Å²) in [6, 6.07) is 14.0. The van der Waals surface area contributed by atoms with Crippen LogP contribution in [0.1, 0.15) is 10.6 Å². The van der Waals surface area contributed by atoms with Crippen molar-refractivity contribution < 1.29 is 4.79 Å². The van der Waals surface area contributed by atoms with E-state index >= 15 is 0 Å². The smallest absolute Gasteiger partial charge is 0.228 e. The van der Waals surface area contributed by atoms with Gasteiger partial charge in [-0.2, -0.15) is 0 Å². The SMILES string of the molecule is Cc1nc2ccc(NC(=O)Cc3cn(C)c4ccccc34)cc2s1. The summed E-state index contributed by atoms with van der Waals surface area (Å²) < 4.78 is 3.15. The number of nitrogens with zero attached hydrogens (tertiary/aromatic N) is 2.